The van der Waals surface area contributed by atoms with E-state index in [1.165, 1.54) is 0 Å². The lowest BCUT2D eigenvalue weighted by Gasteiger charge is -2.12. The van der Waals surface area contributed by atoms with Crippen LogP contribution < -0.4 is 11.1 Å². The second-order valence-electron chi connectivity index (χ2n) is 8.27. The molecule has 236 valence electrons. The number of nitrogens with one attached hydrogen (secondary N) is 1. The van der Waals surface area contributed by atoms with E-state index in [9.17, 15) is 19.2 Å². The number of ether oxygens (including phenoxy) is 4. The second-order valence-corrected chi connectivity index (χ2v) is 8.27. The van der Waals surface area contributed by atoms with Crippen molar-refractivity contribution in [3.05, 3.63) is 0 Å². The molecule has 0 saturated carbocycles. The molecule has 0 bridgehead atoms. The Morgan fingerprint density at radius 2 is 1.29 bits per heavy atom. The van der Waals surface area contributed by atoms with Crippen LogP contribution in [0.5, 0.6) is 0 Å². The minimum Gasteiger partial charge on any atom is -0.382 e. The number of hydrogen-bond donors (Lipinski definition) is 2. The van der Waals surface area contributed by atoms with Gasteiger partial charge in [0.1, 0.15) is 0 Å². The molecular weight excluding hydrogens is 534 g/mol. The lowest BCUT2D eigenvalue weighted by Crippen LogP contribution is -2.31. The Kier molecular flexibility index (Phi) is 34.4. The number of nitrogens with zero attached hydrogens (tertiary/aromatic N) is 1. The Bertz CT molecular complexity index is 748. The topological polar surface area (TPSA) is 156 Å². The zero-order chi connectivity index (χ0) is 30.3. The third-order valence-corrected chi connectivity index (χ3v) is 4.93. The number of methoxy groups -OCH3 is 2. The van der Waals surface area contributed by atoms with Crippen molar-refractivity contribution in [2.75, 3.05) is 67.0 Å². The van der Waals surface area contributed by atoms with Gasteiger partial charge >= 0.3 is 5.97 Å². The molecular formula is C29H51N3O9. The highest BCUT2D eigenvalue weighted by Crippen LogP contribution is 2.13. The summed E-state index contributed by atoms with van der Waals surface area (Å²) in [5.41, 5.74) is 4.79. The van der Waals surface area contributed by atoms with Crippen LogP contribution in [-0.4, -0.2) is 95.7 Å². The molecule has 0 aliphatic carbocycles. The third kappa shape index (κ3) is 29.8. The van der Waals surface area contributed by atoms with Crippen LogP contribution >= 0.6 is 0 Å². The maximum Gasteiger partial charge on any atom is 0.333 e. The number of imide groups is 1. The highest BCUT2D eigenvalue weighted by Gasteiger charge is 2.32. The minimum atomic E-state index is -0.547. The van der Waals surface area contributed by atoms with Crippen molar-refractivity contribution in [2.45, 2.75) is 71.6 Å². The highest BCUT2D eigenvalue weighted by molar-refractivity contribution is 6.01. The van der Waals surface area contributed by atoms with Crippen molar-refractivity contribution in [3.8, 4) is 24.7 Å². The number of amides is 3. The molecule has 3 N–H and O–H groups in total. The van der Waals surface area contributed by atoms with Gasteiger partial charge in [-0.1, -0.05) is 32.1 Å². The normalized spacial score (nSPS) is 11.6. The molecule has 0 atom stereocenters. The molecule has 3 amide bonds. The van der Waals surface area contributed by atoms with E-state index in [1.54, 1.807) is 14.2 Å². The van der Waals surface area contributed by atoms with Crippen LogP contribution in [0.25, 0.3) is 0 Å². The lowest BCUT2D eigenvalue weighted by atomic mass is 10.2. The molecule has 1 heterocycles. The first-order valence-corrected chi connectivity index (χ1v) is 13.4. The van der Waals surface area contributed by atoms with Crippen molar-refractivity contribution in [1.29, 1.82) is 0 Å². The monoisotopic (exact) mass is 585 g/mol. The van der Waals surface area contributed by atoms with Gasteiger partial charge in [-0.25, -0.2) is 4.79 Å². The Morgan fingerprint density at radius 3 is 1.73 bits per heavy atom. The van der Waals surface area contributed by atoms with E-state index in [0.717, 1.165) is 38.7 Å². The van der Waals surface area contributed by atoms with Crippen LogP contribution in [0.2, 0.25) is 0 Å². The van der Waals surface area contributed by atoms with Gasteiger partial charge in [0.15, 0.2) is 0 Å². The predicted molar refractivity (Wildman–Crippen MR) is 156 cm³/mol. The number of rotatable bonds is 20. The summed E-state index contributed by atoms with van der Waals surface area (Å²) in [6, 6.07) is 0. The van der Waals surface area contributed by atoms with Crippen molar-refractivity contribution < 1.29 is 43.0 Å². The van der Waals surface area contributed by atoms with Gasteiger partial charge in [-0.2, -0.15) is 0 Å². The highest BCUT2D eigenvalue weighted by atomic mass is 16.7. The average Bonchev–Trinajstić information content (AvgIpc) is 3.27. The first-order valence-electron chi connectivity index (χ1n) is 13.4. The maximum atomic E-state index is 11.4. The first-order chi connectivity index (χ1) is 19.4. The third-order valence-electron chi connectivity index (χ3n) is 4.93. The minimum absolute atomic E-state index is 0. The number of hydrogen-bond acceptors (Lipinski definition) is 10. The molecule has 0 spiro atoms. The zero-order valence-corrected chi connectivity index (χ0v) is 24.1. The van der Waals surface area contributed by atoms with Gasteiger partial charge in [0.05, 0.1) is 39.5 Å². The SMILES string of the molecule is C.C#CCN.C#CCNC(=O)CCCCCOCCOC.COCCOCCCCCC(=O)ON1C(=O)CCC1=O. The molecule has 0 radical (unpaired) electrons. The molecule has 41 heavy (non-hydrogen) atoms. The van der Waals surface area contributed by atoms with Gasteiger partial charge in [0.2, 0.25) is 5.91 Å². The van der Waals surface area contributed by atoms with Gasteiger partial charge in [-0.3, -0.25) is 14.4 Å². The summed E-state index contributed by atoms with van der Waals surface area (Å²) >= 11 is 0. The van der Waals surface area contributed by atoms with E-state index >= 15 is 0 Å². The number of carbonyl (C=O) groups excluding carboxylic acids is 4. The van der Waals surface area contributed by atoms with Crippen LogP contribution in [0.3, 0.4) is 0 Å². The van der Waals surface area contributed by atoms with E-state index in [-0.39, 0.29) is 32.6 Å². The van der Waals surface area contributed by atoms with Crippen LogP contribution in [0.1, 0.15) is 71.6 Å². The van der Waals surface area contributed by atoms with Crippen molar-refractivity contribution in [2.24, 2.45) is 5.73 Å². The van der Waals surface area contributed by atoms with Gasteiger partial charge in [0.25, 0.3) is 11.8 Å². The molecule has 1 rings (SSSR count). The molecule has 0 aromatic heterocycles. The summed E-state index contributed by atoms with van der Waals surface area (Å²) in [5.74, 6) is 3.15. The number of carbonyl (C=O) groups is 4. The molecule has 0 unspecified atom stereocenters. The zero-order valence-electron chi connectivity index (χ0n) is 24.1. The van der Waals surface area contributed by atoms with Crippen LogP contribution in [0.15, 0.2) is 0 Å². The fraction of sp³-hybridized carbons (Fsp3) is 0.724. The Labute approximate surface area is 246 Å². The number of unbranched alkanes of at least 4 members (excludes halogenated alkanes) is 4. The van der Waals surface area contributed by atoms with E-state index in [4.69, 9.17) is 35.9 Å². The van der Waals surface area contributed by atoms with Crippen LogP contribution in [-0.2, 0) is 43.0 Å². The maximum absolute atomic E-state index is 11.4. The summed E-state index contributed by atoms with van der Waals surface area (Å²) in [4.78, 5) is 49.8. The van der Waals surface area contributed by atoms with Crippen LogP contribution in [0, 0.1) is 24.7 Å². The Balaban J connectivity index is -0.000000621. The van der Waals surface area contributed by atoms with Gasteiger partial charge in [0, 0.05) is 53.1 Å². The first kappa shape index (κ1) is 42.5. The van der Waals surface area contributed by atoms with E-state index in [0.29, 0.717) is 64.0 Å². The fourth-order valence-electron chi connectivity index (χ4n) is 2.85. The second kappa shape index (κ2) is 33.2. The average molecular weight is 586 g/mol. The van der Waals surface area contributed by atoms with Crippen LogP contribution in [0.4, 0.5) is 0 Å². The fourth-order valence-corrected chi connectivity index (χ4v) is 2.85. The molecule has 0 aromatic rings. The molecule has 12 heteroatoms. The molecule has 12 nitrogen and oxygen atoms in total. The Morgan fingerprint density at radius 1 is 0.805 bits per heavy atom. The van der Waals surface area contributed by atoms with Crippen molar-refractivity contribution in [1.82, 2.24) is 10.4 Å². The molecule has 1 fully saturated rings. The summed E-state index contributed by atoms with van der Waals surface area (Å²) in [6.45, 7) is 4.44. The van der Waals surface area contributed by atoms with Gasteiger partial charge < -0.3 is 34.8 Å². The van der Waals surface area contributed by atoms with E-state index in [1.807, 2.05) is 0 Å². The summed E-state index contributed by atoms with van der Waals surface area (Å²) < 4.78 is 20.3. The van der Waals surface area contributed by atoms with Crippen molar-refractivity contribution in [3.63, 3.8) is 0 Å². The van der Waals surface area contributed by atoms with E-state index in [2.05, 4.69) is 23.6 Å². The van der Waals surface area contributed by atoms with Gasteiger partial charge in [-0.15, -0.1) is 17.9 Å². The summed E-state index contributed by atoms with van der Waals surface area (Å²) in [5, 5.41) is 3.21. The predicted octanol–water partition coefficient (Wildman–Crippen LogP) is 1.99. The quantitative estimate of drug-likeness (QED) is 0.123. The smallest absolute Gasteiger partial charge is 0.333 e. The van der Waals surface area contributed by atoms with E-state index < -0.39 is 17.8 Å². The lowest BCUT2D eigenvalue weighted by molar-refractivity contribution is -0.197. The molecule has 1 aliphatic heterocycles. The number of terminal acetylenes is 2. The largest absolute Gasteiger partial charge is 0.382 e. The Hall–Kier alpha value is -3.00. The standard InChI is InChI=1S/C13H21NO6.C12H21NO3.C3H5N.CH4/c1-18-9-10-19-8-4-2-3-5-13(17)20-14-11(15)6-7-12(14)16;1-3-8-13-12(14)7-5-4-6-9-16-11-10-15-2;1-2-3-4;/h2-10H2,1H3;1H,4-11H2,2H3,(H,13,14);1H,3-4H2;1H4. The number of nitrogens with two attached hydrogens (primary N) is 1. The van der Waals surface area contributed by atoms with Gasteiger partial charge in [-0.05, 0) is 25.7 Å². The summed E-state index contributed by atoms with van der Waals surface area (Å²) in [6.07, 6.45) is 15.8. The molecule has 0 aromatic carbocycles. The number of hydroxylamine groups is 2. The molecule has 1 saturated heterocycles. The molecule has 1 aliphatic rings. The summed E-state index contributed by atoms with van der Waals surface area (Å²) in [7, 11) is 3.27. The van der Waals surface area contributed by atoms with Crippen molar-refractivity contribution >= 4 is 23.7 Å².